The van der Waals surface area contributed by atoms with Gasteiger partial charge in [0.1, 0.15) is 6.42 Å². The lowest BCUT2D eigenvalue weighted by Gasteiger charge is -2.04. The van der Waals surface area contributed by atoms with E-state index in [2.05, 4.69) is 45.2 Å². The molecule has 0 aromatic heterocycles. The normalized spacial score (nSPS) is 11.9. The van der Waals surface area contributed by atoms with Crippen LogP contribution >= 0.6 is 0 Å². The second-order valence-corrected chi connectivity index (χ2v) is 6.25. The van der Waals surface area contributed by atoms with Crippen molar-refractivity contribution in [3.63, 3.8) is 0 Å². The Hall–Kier alpha value is -1.84. The zero-order valence-corrected chi connectivity index (χ0v) is 15.9. The number of carbonyl (C=O) groups is 2. The van der Waals surface area contributed by atoms with Gasteiger partial charge in [-0.3, -0.25) is 9.59 Å². The van der Waals surface area contributed by atoms with Crippen molar-refractivity contribution < 1.29 is 14.3 Å². The summed E-state index contributed by atoms with van der Waals surface area (Å²) in [5.74, 6) is -0.781. The molecule has 0 aliphatic heterocycles. The summed E-state index contributed by atoms with van der Waals surface area (Å²) in [6.07, 6.45) is 10.5. The van der Waals surface area contributed by atoms with Gasteiger partial charge in [-0.25, -0.2) is 0 Å². The summed E-state index contributed by atoms with van der Waals surface area (Å²) in [5, 5.41) is 2.70. The van der Waals surface area contributed by atoms with Crippen LogP contribution < -0.4 is 5.32 Å². The Balaban J connectivity index is 3.96. The fourth-order valence-electron chi connectivity index (χ4n) is 2.08. The number of hydrogen-bond donors (Lipinski definition) is 1. The lowest BCUT2D eigenvalue weighted by Crippen LogP contribution is -2.26. The van der Waals surface area contributed by atoms with E-state index < -0.39 is 5.97 Å². The molecule has 24 heavy (non-hydrogen) atoms. The summed E-state index contributed by atoms with van der Waals surface area (Å²) in [6, 6.07) is 0. The van der Waals surface area contributed by atoms with Gasteiger partial charge in [0, 0.05) is 6.54 Å². The van der Waals surface area contributed by atoms with Crippen LogP contribution in [0, 0.1) is 0 Å². The standard InChI is InChI=1S/C20H33NO3/c1-6-24-20(23)15-19(22)21-14-13-18(5)12-8-11-17(4)10-7-9-16(2)3/h9,11,13H,6-8,10,12,14-15H2,1-5H3,(H,21,22). The van der Waals surface area contributed by atoms with Crippen molar-refractivity contribution in [1.29, 1.82) is 0 Å². The van der Waals surface area contributed by atoms with E-state index in [1.54, 1.807) is 6.92 Å². The van der Waals surface area contributed by atoms with Crippen molar-refractivity contribution in [1.82, 2.24) is 5.32 Å². The van der Waals surface area contributed by atoms with Crippen molar-refractivity contribution in [3.8, 4) is 0 Å². The number of amides is 1. The lowest BCUT2D eigenvalue weighted by molar-refractivity contribution is -0.145. The van der Waals surface area contributed by atoms with Gasteiger partial charge in [-0.15, -0.1) is 0 Å². The molecule has 136 valence electrons. The zero-order chi connectivity index (χ0) is 18.4. The SMILES string of the molecule is CCOC(=O)CC(=O)NCC=C(C)CCC=C(C)CCC=C(C)C. The molecule has 0 fully saturated rings. The quantitative estimate of drug-likeness (QED) is 0.344. The molecule has 1 N–H and O–H groups in total. The number of carbonyl (C=O) groups excluding carboxylic acids is 2. The smallest absolute Gasteiger partial charge is 0.315 e. The Morgan fingerprint density at radius 2 is 1.50 bits per heavy atom. The van der Waals surface area contributed by atoms with E-state index in [1.165, 1.54) is 16.7 Å². The second kappa shape index (κ2) is 13.6. The molecule has 0 heterocycles. The number of allylic oxidation sites excluding steroid dienone is 5. The van der Waals surface area contributed by atoms with Crippen molar-refractivity contribution in [3.05, 3.63) is 34.9 Å². The van der Waals surface area contributed by atoms with Gasteiger partial charge >= 0.3 is 5.97 Å². The molecule has 0 unspecified atom stereocenters. The summed E-state index contributed by atoms with van der Waals surface area (Å²) in [6.45, 7) is 11.0. The van der Waals surface area contributed by atoms with Crippen molar-refractivity contribution in [2.24, 2.45) is 0 Å². The summed E-state index contributed by atoms with van der Waals surface area (Å²) in [5.41, 5.74) is 4.02. The number of nitrogens with one attached hydrogen (secondary N) is 1. The molecular weight excluding hydrogens is 302 g/mol. The molecule has 4 heteroatoms. The molecule has 1 amide bonds. The van der Waals surface area contributed by atoms with E-state index in [4.69, 9.17) is 4.74 Å². The van der Waals surface area contributed by atoms with Crippen LogP contribution in [0.5, 0.6) is 0 Å². The average molecular weight is 335 g/mol. The Bertz CT molecular complexity index is 483. The van der Waals surface area contributed by atoms with Crippen LogP contribution in [0.3, 0.4) is 0 Å². The third-order valence-electron chi connectivity index (χ3n) is 3.48. The number of hydrogen-bond acceptors (Lipinski definition) is 3. The highest BCUT2D eigenvalue weighted by atomic mass is 16.5. The number of esters is 1. The second-order valence-electron chi connectivity index (χ2n) is 6.25. The molecule has 0 rings (SSSR count). The summed E-state index contributed by atoms with van der Waals surface area (Å²) < 4.78 is 4.73. The van der Waals surface area contributed by atoms with Gasteiger partial charge < -0.3 is 10.1 Å². The lowest BCUT2D eigenvalue weighted by atomic mass is 10.1. The van der Waals surface area contributed by atoms with Crippen LogP contribution in [-0.4, -0.2) is 25.0 Å². The predicted molar refractivity (Wildman–Crippen MR) is 99.7 cm³/mol. The minimum Gasteiger partial charge on any atom is -0.466 e. The molecule has 0 bridgehead atoms. The predicted octanol–water partition coefficient (Wildman–Crippen LogP) is 4.48. The van der Waals surface area contributed by atoms with Crippen molar-refractivity contribution >= 4 is 11.9 Å². The summed E-state index contributed by atoms with van der Waals surface area (Å²) in [7, 11) is 0. The summed E-state index contributed by atoms with van der Waals surface area (Å²) >= 11 is 0. The minimum absolute atomic E-state index is 0.214. The fourth-order valence-corrected chi connectivity index (χ4v) is 2.08. The average Bonchev–Trinajstić information content (AvgIpc) is 2.46. The summed E-state index contributed by atoms with van der Waals surface area (Å²) in [4.78, 5) is 22.7. The zero-order valence-electron chi connectivity index (χ0n) is 15.9. The Morgan fingerprint density at radius 3 is 2.08 bits per heavy atom. The first kappa shape index (κ1) is 22.2. The van der Waals surface area contributed by atoms with Gasteiger partial charge in [0.25, 0.3) is 0 Å². The van der Waals surface area contributed by atoms with Crippen LogP contribution in [0.15, 0.2) is 34.9 Å². The highest BCUT2D eigenvalue weighted by Crippen LogP contribution is 2.11. The van der Waals surface area contributed by atoms with Crippen LogP contribution in [-0.2, 0) is 14.3 Å². The topological polar surface area (TPSA) is 55.4 Å². The molecule has 0 spiro atoms. The Labute approximate surface area is 147 Å². The maximum Gasteiger partial charge on any atom is 0.315 e. The maximum absolute atomic E-state index is 11.5. The number of ether oxygens (including phenoxy) is 1. The van der Waals surface area contributed by atoms with Gasteiger partial charge in [0.15, 0.2) is 0 Å². The molecule has 0 aliphatic carbocycles. The minimum atomic E-state index is -0.482. The third kappa shape index (κ3) is 13.8. The maximum atomic E-state index is 11.5. The molecule has 0 saturated carbocycles. The molecular formula is C20H33NO3. The monoisotopic (exact) mass is 335 g/mol. The Kier molecular flexibility index (Phi) is 12.5. The van der Waals surface area contributed by atoms with E-state index in [-0.39, 0.29) is 12.3 Å². The highest BCUT2D eigenvalue weighted by molar-refractivity contribution is 5.94. The van der Waals surface area contributed by atoms with Gasteiger partial charge in [-0.05, 0) is 60.3 Å². The number of rotatable bonds is 11. The largest absolute Gasteiger partial charge is 0.466 e. The molecule has 0 radical (unpaired) electrons. The first-order chi connectivity index (χ1) is 11.3. The van der Waals surface area contributed by atoms with Gasteiger partial charge in [-0.2, -0.15) is 0 Å². The Morgan fingerprint density at radius 1 is 0.917 bits per heavy atom. The highest BCUT2D eigenvalue weighted by Gasteiger charge is 2.08. The van der Waals surface area contributed by atoms with E-state index in [0.717, 1.165) is 25.7 Å². The van der Waals surface area contributed by atoms with E-state index >= 15 is 0 Å². The first-order valence-electron chi connectivity index (χ1n) is 8.72. The van der Waals surface area contributed by atoms with E-state index in [1.807, 2.05) is 6.08 Å². The first-order valence-corrected chi connectivity index (χ1v) is 8.72. The van der Waals surface area contributed by atoms with Crippen LogP contribution in [0.25, 0.3) is 0 Å². The van der Waals surface area contributed by atoms with Crippen LogP contribution in [0.2, 0.25) is 0 Å². The molecule has 4 nitrogen and oxygen atoms in total. The molecule has 0 atom stereocenters. The van der Waals surface area contributed by atoms with Gasteiger partial charge in [0.2, 0.25) is 5.91 Å². The van der Waals surface area contributed by atoms with Crippen LogP contribution in [0.4, 0.5) is 0 Å². The van der Waals surface area contributed by atoms with Crippen LogP contribution in [0.1, 0.15) is 66.7 Å². The molecule has 0 saturated heterocycles. The van der Waals surface area contributed by atoms with Gasteiger partial charge in [-0.1, -0.05) is 34.9 Å². The van der Waals surface area contributed by atoms with Gasteiger partial charge in [0.05, 0.1) is 6.61 Å². The molecule has 0 aromatic rings. The molecule has 0 aliphatic rings. The van der Waals surface area contributed by atoms with Crippen molar-refractivity contribution in [2.75, 3.05) is 13.2 Å². The van der Waals surface area contributed by atoms with E-state index in [9.17, 15) is 9.59 Å². The third-order valence-corrected chi connectivity index (χ3v) is 3.48. The van der Waals surface area contributed by atoms with E-state index in [0.29, 0.717) is 13.2 Å². The molecule has 0 aromatic carbocycles. The fraction of sp³-hybridized carbons (Fsp3) is 0.600. The van der Waals surface area contributed by atoms with Crippen molar-refractivity contribution in [2.45, 2.75) is 66.7 Å².